The number of likely N-dealkylation sites (tertiary alicyclic amines) is 2. The number of likely N-dealkylation sites (N-methyl/N-ethyl adjacent to an activating group) is 1. The largest absolute Gasteiger partial charge is 0.336 e. The minimum Gasteiger partial charge on any atom is -0.336 e. The first-order valence-electron chi connectivity index (χ1n) is 4.88. The molecule has 2 atom stereocenters. The van der Waals surface area contributed by atoms with E-state index < -0.39 is 0 Å². The van der Waals surface area contributed by atoms with Crippen LogP contribution in [0.5, 0.6) is 0 Å². The van der Waals surface area contributed by atoms with Crippen LogP contribution < -0.4 is 4.90 Å². The molecule has 2 fully saturated rings. The van der Waals surface area contributed by atoms with Gasteiger partial charge >= 0.3 is 0 Å². The van der Waals surface area contributed by atoms with Gasteiger partial charge < -0.3 is 9.80 Å². The quantitative estimate of drug-likeness (QED) is 0.529. The van der Waals surface area contributed by atoms with Crippen LogP contribution in [-0.4, -0.2) is 43.5 Å². The average Bonchev–Trinajstić information content (AvgIpc) is 2.58. The number of carbonyl (C=O) groups is 1. The van der Waals surface area contributed by atoms with Crippen LogP contribution in [-0.2, 0) is 4.79 Å². The Morgan fingerprint density at radius 3 is 2.92 bits per heavy atom. The molecule has 2 aliphatic rings. The first-order chi connectivity index (χ1) is 5.77. The summed E-state index contributed by atoms with van der Waals surface area (Å²) in [7, 11) is 2.21. The molecule has 0 aromatic carbocycles. The monoisotopic (exact) mass is 169 g/mol. The SMILES string of the molecule is C[NH+]1CCC(N2CCCC2=O)C1. The van der Waals surface area contributed by atoms with Gasteiger partial charge in [-0.15, -0.1) is 0 Å². The number of hydrogen-bond donors (Lipinski definition) is 1. The van der Waals surface area contributed by atoms with Crippen molar-refractivity contribution in [1.82, 2.24) is 4.90 Å². The van der Waals surface area contributed by atoms with Crippen molar-refractivity contribution in [2.75, 3.05) is 26.7 Å². The molecule has 0 spiro atoms. The van der Waals surface area contributed by atoms with E-state index in [-0.39, 0.29) is 0 Å². The van der Waals surface area contributed by atoms with Crippen LogP contribution in [0.15, 0.2) is 0 Å². The van der Waals surface area contributed by atoms with Gasteiger partial charge in [0.05, 0.1) is 26.2 Å². The lowest BCUT2D eigenvalue weighted by molar-refractivity contribution is -0.867. The lowest BCUT2D eigenvalue weighted by Gasteiger charge is -2.21. The van der Waals surface area contributed by atoms with Crippen molar-refractivity contribution in [3.63, 3.8) is 0 Å². The molecule has 2 saturated heterocycles. The maximum atomic E-state index is 11.4. The van der Waals surface area contributed by atoms with Gasteiger partial charge in [0, 0.05) is 19.4 Å². The van der Waals surface area contributed by atoms with Gasteiger partial charge in [-0.1, -0.05) is 0 Å². The van der Waals surface area contributed by atoms with Crippen molar-refractivity contribution >= 4 is 5.91 Å². The number of nitrogens with zero attached hydrogens (tertiary/aromatic N) is 1. The van der Waals surface area contributed by atoms with Crippen LogP contribution >= 0.6 is 0 Å². The maximum Gasteiger partial charge on any atom is 0.223 e. The van der Waals surface area contributed by atoms with Crippen LogP contribution in [0.25, 0.3) is 0 Å². The molecule has 0 aromatic rings. The summed E-state index contributed by atoms with van der Waals surface area (Å²) in [4.78, 5) is 15.0. The highest BCUT2D eigenvalue weighted by Crippen LogP contribution is 2.15. The van der Waals surface area contributed by atoms with Crippen LogP contribution in [0, 0.1) is 0 Å². The van der Waals surface area contributed by atoms with E-state index in [1.807, 2.05) is 0 Å². The van der Waals surface area contributed by atoms with Gasteiger partial charge in [0.2, 0.25) is 5.91 Å². The van der Waals surface area contributed by atoms with Gasteiger partial charge in [-0.25, -0.2) is 0 Å². The molecule has 2 rings (SSSR count). The molecule has 3 nitrogen and oxygen atoms in total. The summed E-state index contributed by atoms with van der Waals surface area (Å²) >= 11 is 0. The highest BCUT2D eigenvalue weighted by molar-refractivity contribution is 5.78. The van der Waals surface area contributed by atoms with Crippen LogP contribution in [0.1, 0.15) is 19.3 Å². The third-order valence-corrected chi connectivity index (χ3v) is 3.04. The Balaban J connectivity index is 1.96. The van der Waals surface area contributed by atoms with E-state index in [1.54, 1.807) is 4.90 Å². The third kappa shape index (κ3) is 1.33. The number of quaternary nitrogens is 1. The van der Waals surface area contributed by atoms with E-state index in [0.29, 0.717) is 11.9 Å². The van der Waals surface area contributed by atoms with E-state index in [0.717, 1.165) is 25.9 Å². The molecular weight excluding hydrogens is 152 g/mol. The molecule has 0 aliphatic carbocycles. The smallest absolute Gasteiger partial charge is 0.223 e. The number of amides is 1. The van der Waals surface area contributed by atoms with Gasteiger partial charge in [0.25, 0.3) is 0 Å². The molecule has 1 amide bonds. The molecule has 1 N–H and O–H groups in total. The van der Waals surface area contributed by atoms with Gasteiger partial charge in [-0.3, -0.25) is 4.79 Å². The Labute approximate surface area is 73.3 Å². The van der Waals surface area contributed by atoms with E-state index in [4.69, 9.17) is 0 Å². The predicted molar refractivity (Wildman–Crippen MR) is 46.0 cm³/mol. The van der Waals surface area contributed by atoms with Crippen molar-refractivity contribution < 1.29 is 9.69 Å². The fraction of sp³-hybridized carbons (Fsp3) is 0.889. The molecule has 0 radical (unpaired) electrons. The predicted octanol–water partition coefficient (Wildman–Crippen LogP) is -1.10. The molecule has 0 aromatic heterocycles. The molecule has 3 heteroatoms. The molecular formula is C9H17N2O+. The van der Waals surface area contributed by atoms with E-state index in [9.17, 15) is 4.79 Å². The Kier molecular flexibility index (Phi) is 2.05. The molecule has 12 heavy (non-hydrogen) atoms. The second-order valence-corrected chi connectivity index (χ2v) is 4.04. The van der Waals surface area contributed by atoms with Crippen LogP contribution in [0.2, 0.25) is 0 Å². The van der Waals surface area contributed by atoms with Crippen LogP contribution in [0.3, 0.4) is 0 Å². The summed E-state index contributed by atoms with van der Waals surface area (Å²) in [6.45, 7) is 3.40. The number of carbonyl (C=O) groups excluding carboxylic acids is 1. The normalized spacial score (nSPS) is 36.4. The van der Waals surface area contributed by atoms with Crippen molar-refractivity contribution in [1.29, 1.82) is 0 Å². The topological polar surface area (TPSA) is 24.8 Å². The van der Waals surface area contributed by atoms with Gasteiger partial charge in [0.15, 0.2) is 0 Å². The zero-order valence-corrected chi connectivity index (χ0v) is 7.68. The summed E-state index contributed by atoms with van der Waals surface area (Å²) in [5.41, 5.74) is 0. The fourth-order valence-corrected chi connectivity index (χ4v) is 2.34. The molecule has 2 aliphatic heterocycles. The second-order valence-electron chi connectivity index (χ2n) is 4.04. The molecule has 68 valence electrons. The molecule has 2 unspecified atom stereocenters. The summed E-state index contributed by atoms with van der Waals surface area (Å²) < 4.78 is 0. The Morgan fingerprint density at radius 1 is 1.58 bits per heavy atom. The fourth-order valence-electron chi connectivity index (χ4n) is 2.34. The standard InChI is InChI=1S/C9H16N2O/c1-10-6-4-8(7-10)11-5-2-3-9(11)12/h8H,2-7H2,1H3/p+1. The van der Waals surface area contributed by atoms with Crippen LogP contribution in [0.4, 0.5) is 0 Å². The van der Waals surface area contributed by atoms with E-state index >= 15 is 0 Å². The molecule has 0 bridgehead atoms. The first kappa shape index (κ1) is 8.05. The second kappa shape index (κ2) is 3.05. The Bertz CT molecular complexity index is 193. The summed E-state index contributed by atoms with van der Waals surface area (Å²) in [5.74, 6) is 0.384. The van der Waals surface area contributed by atoms with Gasteiger partial charge in [0.1, 0.15) is 0 Å². The molecule has 0 saturated carbocycles. The van der Waals surface area contributed by atoms with Crippen molar-refractivity contribution in [2.24, 2.45) is 0 Å². The first-order valence-corrected chi connectivity index (χ1v) is 4.88. The number of hydrogen-bond acceptors (Lipinski definition) is 1. The molecule has 2 heterocycles. The zero-order valence-electron chi connectivity index (χ0n) is 7.68. The van der Waals surface area contributed by atoms with Crippen molar-refractivity contribution in [2.45, 2.75) is 25.3 Å². The van der Waals surface area contributed by atoms with E-state index in [2.05, 4.69) is 11.9 Å². The van der Waals surface area contributed by atoms with Gasteiger partial charge in [-0.05, 0) is 6.42 Å². The summed E-state index contributed by atoms with van der Waals surface area (Å²) in [6.07, 6.45) is 3.07. The highest BCUT2D eigenvalue weighted by atomic mass is 16.2. The minimum atomic E-state index is 0.384. The lowest BCUT2D eigenvalue weighted by atomic mass is 10.2. The maximum absolute atomic E-state index is 11.4. The number of nitrogens with one attached hydrogen (secondary N) is 1. The zero-order chi connectivity index (χ0) is 8.55. The Hall–Kier alpha value is -0.570. The lowest BCUT2D eigenvalue weighted by Crippen LogP contribution is -3.07. The average molecular weight is 169 g/mol. The summed E-state index contributed by atoms with van der Waals surface area (Å²) in [6, 6.07) is 0.556. The van der Waals surface area contributed by atoms with E-state index in [1.165, 1.54) is 13.0 Å². The van der Waals surface area contributed by atoms with Crippen molar-refractivity contribution in [3.8, 4) is 0 Å². The minimum absolute atomic E-state index is 0.384. The summed E-state index contributed by atoms with van der Waals surface area (Å²) in [5, 5.41) is 0. The van der Waals surface area contributed by atoms with Gasteiger partial charge in [-0.2, -0.15) is 0 Å². The highest BCUT2D eigenvalue weighted by Gasteiger charge is 2.33. The van der Waals surface area contributed by atoms with Crippen molar-refractivity contribution in [3.05, 3.63) is 0 Å². The Morgan fingerprint density at radius 2 is 2.42 bits per heavy atom. The third-order valence-electron chi connectivity index (χ3n) is 3.04. The number of rotatable bonds is 1.